The highest BCUT2D eigenvalue weighted by molar-refractivity contribution is 9.11. The number of hydrogen-bond donors (Lipinski definition) is 0. The van der Waals surface area contributed by atoms with Crippen molar-refractivity contribution in [3.8, 4) is 0 Å². The van der Waals surface area contributed by atoms with Crippen molar-refractivity contribution in [1.82, 2.24) is 0 Å². The molecule has 0 amide bonds. The van der Waals surface area contributed by atoms with E-state index in [1.54, 1.807) is 22.7 Å². The van der Waals surface area contributed by atoms with Gasteiger partial charge in [0.1, 0.15) is 0 Å². The molecule has 0 bridgehead atoms. The Morgan fingerprint density at radius 3 is 0.972 bits per heavy atom. The Labute approximate surface area is 249 Å². The van der Waals surface area contributed by atoms with Gasteiger partial charge in [-0.3, -0.25) is 0 Å². The molecular formula is C32H54Br2S2. The first-order valence-corrected chi connectivity index (χ1v) is 18.5. The van der Waals surface area contributed by atoms with E-state index in [9.17, 15) is 0 Å². The molecule has 0 nitrogen and oxygen atoms in total. The first-order chi connectivity index (χ1) is 17.7. The topological polar surface area (TPSA) is 0 Å². The van der Waals surface area contributed by atoms with E-state index >= 15 is 0 Å². The van der Waals surface area contributed by atoms with Gasteiger partial charge in [0.25, 0.3) is 0 Å². The van der Waals surface area contributed by atoms with Crippen molar-refractivity contribution in [2.24, 2.45) is 0 Å². The normalized spacial score (nSPS) is 11.0. The van der Waals surface area contributed by atoms with E-state index in [1.165, 1.54) is 160 Å². The zero-order chi connectivity index (χ0) is 26.1. The molecule has 0 unspecified atom stereocenters. The average molecular weight is 663 g/mol. The molecule has 0 N–H and O–H groups in total. The highest BCUT2D eigenvalue weighted by Gasteiger charge is 2.01. The molecule has 2 rings (SSSR count). The Morgan fingerprint density at radius 1 is 0.444 bits per heavy atom. The quantitative estimate of drug-likeness (QED) is 0.110. The lowest BCUT2D eigenvalue weighted by atomic mass is 10.0. The summed E-state index contributed by atoms with van der Waals surface area (Å²) in [5.74, 6) is 0. The summed E-state index contributed by atoms with van der Waals surface area (Å²) in [7, 11) is 0. The van der Waals surface area contributed by atoms with Gasteiger partial charge in [0.15, 0.2) is 0 Å². The maximum atomic E-state index is 3.61. The smallest absolute Gasteiger partial charge is 0.0730 e. The summed E-state index contributed by atoms with van der Waals surface area (Å²) in [4.78, 5) is 0. The van der Waals surface area contributed by atoms with E-state index in [4.69, 9.17) is 0 Å². The van der Waals surface area contributed by atoms with Crippen molar-refractivity contribution in [2.75, 3.05) is 0 Å². The molecule has 0 saturated heterocycles. The summed E-state index contributed by atoms with van der Waals surface area (Å²) in [6, 6.07) is 4.50. The van der Waals surface area contributed by atoms with Gasteiger partial charge in [-0.15, -0.1) is 22.7 Å². The monoisotopic (exact) mass is 660 g/mol. The summed E-state index contributed by atoms with van der Waals surface area (Å²) in [5, 5.41) is 4.35. The Hall–Kier alpha value is 0.360. The van der Waals surface area contributed by atoms with E-state index in [0.29, 0.717) is 0 Å². The SMILES string of the molecule is CCCCCCCCCCCCc1ccsc1Br.CCCCCCCCCCCCc1ccsc1Br. The molecule has 36 heavy (non-hydrogen) atoms. The van der Waals surface area contributed by atoms with Crippen molar-refractivity contribution < 1.29 is 0 Å². The summed E-state index contributed by atoms with van der Waals surface area (Å²) in [6.45, 7) is 4.57. The lowest BCUT2D eigenvalue weighted by molar-refractivity contribution is 0.556. The molecule has 2 heterocycles. The van der Waals surface area contributed by atoms with Crippen LogP contribution in [0.25, 0.3) is 0 Å². The third-order valence-corrected chi connectivity index (χ3v) is 10.6. The lowest BCUT2D eigenvalue weighted by Crippen LogP contribution is -1.85. The molecule has 0 aliphatic carbocycles. The van der Waals surface area contributed by atoms with Gasteiger partial charge < -0.3 is 0 Å². The van der Waals surface area contributed by atoms with Crippen LogP contribution in [0.15, 0.2) is 30.5 Å². The van der Waals surface area contributed by atoms with Gasteiger partial charge in [-0.05, 0) is 91.6 Å². The standard InChI is InChI=1S/2C16H27BrS/c2*1-2-3-4-5-6-7-8-9-10-11-12-15-13-14-18-16(15)17/h2*13-14H,2-12H2,1H3. The first kappa shape index (κ1) is 34.4. The fourth-order valence-corrected chi connectivity index (χ4v) is 7.26. The number of rotatable bonds is 22. The Morgan fingerprint density at radius 2 is 0.722 bits per heavy atom. The third kappa shape index (κ3) is 19.4. The maximum absolute atomic E-state index is 3.61. The van der Waals surface area contributed by atoms with E-state index in [-0.39, 0.29) is 0 Å². The molecule has 0 atom stereocenters. The van der Waals surface area contributed by atoms with Crippen molar-refractivity contribution in [3.63, 3.8) is 0 Å². The van der Waals surface area contributed by atoms with Crippen LogP contribution in [0.4, 0.5) is 0 Å². The largest absolute Gasteiger partial charge is 0.137 e. The van der Waals surface area contributed by atoms with Crippen LogP contribution in [0.3, 0.4) is 0 Å². The van der Waals surface area contributed by atoms with Gasteiger partial charge in [-0.25, -0.2) is 0 Å². The Kier molecular flexibility index (Phi) is 24.5. The number of unbranched alkanes of at least 4 members (excludes halogenated alkanes) is 18. The van der Waals surface area contributed by atoms with Crippen LogP contribution in [0.5, 0.6) is 0 Å². The van der Waals surface area contributed by atoms with Crippen molar-refractivity contribution in [2.45, 2.75) is 155 Å². The summed E-state index contributed by atoms with van der Waals surface area (Å²) >= 11 is 10.8. The molecule has 0 saturated carbocycles. The third-order valence-electron chi connectivity index (χ3n) is 6.99. The molecule has 0 spiro atoms. The molecule has 2 aromatic heterocycles. The van der Waals surface area contributed by atoms with E-state index in [0.717, 1.165) is 0 Å². The lowest BCUT2D eigenvalue weighted by Gasteiger charge is -2.02. The van der Waals surface area contributed by atoms with Crippen molar-refractivity contribution in [1.29, 1.82) is 0 Å². The van der Waals surface area contributed by atoms with Crippen LogP contribution in [0.1, 0.15) is 153 Å². The van der Waals surface area contributed by atoms with Gasteiger partial charge in [0, 0.05) is 0 Å². The van der Waals surface area contributed by atoms with Crippen molar-refractivity contribution in [3.05, 3.63) is 41.6 Å². The second-order valence-corrected chi connectivity index (χ2v) is 14.8. The highest BCUT2D eigenvalue weighted by Crippen LogP contribution is 2.26. The molecule has 0 aliphatic rings. The van der Waals surface area contributed by atoms with Gasteiger partial charge in [0.05, 0.1) is 7.57 Å². The Bertz CT molecular complexity index is 646. The fraction of sp³-hybridized carbons (Fsp3) is 0.750. The summed E-state index contributed by atoms with van der Waals surface area (Å²) in [6.07, 6.45) is 30.9. The van der Waals surface area contributed by atoms with E-state index in [1.807, 2.05) is 0 Å². The minimum absolute atomic E-state index is 1.25. The van der Waals surface area contributed by atoms with Gasteiger partial charge >= 0.3 is 0 Å². The highest BCUT2D eigenvalue weighted by atomic mass is 79.9. The summed E-state index contributed by atoms with van der Waals surface area (Å²) in [5.41, 5.74) is 3.00. The number of thiophene rings is 2. The minimum atomic E-state index is 1.25. The molecular weight excluding hydrogens is 608 g/mol. The van der Waals surface area contributed by atoms with Gasteiger partial charge in [0.2, 0.25) is 0 Å². The predicted molar refractivity (Wildman–Crippen MR) is 175 cm³/mol. The fourth-order valence-electron chi connectivity index (χ4n) is 4.60. The van der Waals surface area contributed by atoms with E-state index in [2.05, 4.69) is 68.6 Å². The van der Waals surface area contributed by atoms with Gasteiger partial charge in [-0.1, -0.05) is 129 Å². The molecule has 0 fully saturated rings. The minimum Gasteiger partial charge on any atom is -0.137 e. The zero-order valence-electron chi connectivity index (χ0n) is 23.4. The van der Waals surface area contributed by atoms with Gasteiger partial charge in [-0.2, -0.15) is 0 Å². The molecule has 2 aromatic rings. The van der Waals surface area contributed by atoms with Crippen LogP contribution in [-0.4, -0.2) is 0 Å². The molecule has 208 valence electrons. The first-order valence-electron chi connectivity index (χ1n) is 15.1. The van der Waals surface area contributed by atoms with Crippen LogP contribution < -0.4 is 0 Å². The average Bonchev–Trinajstić information content (AvgIpc) is 3.49. The van der Waals surface area contributed by atoms with E-state index < -0.39 is 0 Å². The van der Waals surface area contributed by atoms with Crippen LogP contribution >= 0.6 is 54.5 Å². The number of aryl methyl sites for hydroxylation is 2. The number of hydrogen-bond acceptors (Lipinski definition) is 2. The summed E-state index contributed by atoms with van der Waals surface area (Å²) < 4.78 is 2.66. The maximum Gasteiger partial charge on any atom is 0.0730 e. The number of halogens is 2. The van der Waals surface area contributed by atoms with Crippen LogP contribution in [-0.2, 0) is 12.8 Å². The second-order valence-electron chi connectivity index (χ2n) is 10.3. The van der Waals surface area contributed by atoms with Crippen LogP contribution in [0.2, 0.25) is 0 Å². The molecule has 0 radical (unpaired) electrons. The predicted octanol–water partition coefficient (Wildman–Crippen LogP) is 13.9. The molecule has 4 heteroatoms. The molecule has 0 aliphatic heterocycles. The molecule has 0 aromatic carbocycles. The van der Waals surface area contributed by atoms with Crippen LogP contribution in [0, 0.1) is 0 Å². The van der Waals surface area contributed by atoms with Crippen molar-refractivity contribution >= 4 is 54.5 Å². The Balaban J connectivity index is 0.000000360. The second kappa shape index (κ2) is 25.6. The zero-order valence-corrected chi connectivity index (χ0v) is 28.2.